The van der Waals surface area contributed by atoms with Crippen LogP contribution in [0.3, 0.4) is 0 Å². The van der Waals surface area contributed by atoms with Crippen LogP contribution in [0.2, 0.25) is 5.02 Å². The molecule has 2 N–H and O–H groups in total. The number of methoxy groups -OCH3 is 1. The first-order valence-electron chi connectivity index (χ1n) is 12.9. The third kappa shape index (κ3) is 7.41. The summed E-state index contributed by atoms with van der Waals surface area (Å²) >= 11 is 6.13. The Labute approximate surface area is 240 Å². The van der Waals surface area contributed by atoms with Gasteiger partial charge in [0.1, 0.15) is 11.8 Å². The number of benzene rings is 3. The smallest absolute Gasteiger partial charge is 0.243 e. The maximum Gasteiger partial charge on any atom is 0.243 e. The molecule has 3 aromatic rings. The topological polar surface area (TPSA) is 122 Å². The van der Waals surface area contributed by atoms with E-state index in [1.165, 1.54) is 41.7 Å². The maximum absolute atomic E-state index is 13.2. The van der Waals surface area contributed by atoms with Gasteiger partial charge in [-0.25, -0.2) is 16.8 Å². The SMILES string of the molecule is COc1ccc(S(=O)(=O)NC(Cc2ccccc2)C(=O)NCc2ccc(S(=O)(=O)N3CCCCC3)cc2)cc1Cl. The Balaban J connectivity index is 1.47. The van der Waals surface area contributed by atoms with Gasteiger partial charge < -0.3 is 10.1 Å². The van der Waals surface area contributed by atoms with E-state index < -0.39 is 32.0 Å². The van der Waals surface area contributed by atoms with E-state index in [0.29, 0.717) is 24.4 Å². The molecule has 1 atom stereocenters. The molecule has 1 unspecified atom stereocenters. The summed E-state index contributed by atoms with van der Waals surface area (Å²) in [5, 5.41) is 2.90. The van der Waals surface area contributed by atoms with Crippen LogP contribution in [0.5, 0.6) is 5.75 Å². The molecule has 1 aliphatic heterocycles. The molecule has 1 aliphatic rings. The number of ether oxygens (including phenoxy) is 1. The molecule has 0 radical (unpaired) electrons. The molecule has 0 aliphatic carbocycles. The summed E-state index contributed by atoms with van der Waals surface area (Å²) in [5.74, 6) is -0.203. The third-order valence-corrected chi connectivity index (χ3v) is 10.4. The summed E-state index contributed by atoms with van der Waals surface area (Å²) in [6.07, 6.45) is 2.84. The zero-order valence-electron chi connectivity index (χ0n) is 22.0. The summed E-state index contributed by atoms with van der Waals surface area (Å²) in [4.78, 5) is 13.3. The number of sulfonamides is 2. The van der Waals surface area contributed by atoms with Crippen LogP contribution < -0.4 is 14.8 Å². The molecule has 0 aromatic heterocycles. The molecule has 9 nitrogen and oxygen atoms in total. The Bertz CT molecular complexity index is 1530. The van der Waals surface area contributed by atoms with Crippen LogP contribution in [-0.2, 0) is 37.8 Å². The minimum atomic E-state index is -4.11. The van der Waals surface area contributed by atoms with Gasteiger partial charge in [0, 0.05) is 19.6 Å². The van der Waals surface area contributed by atoms with E-state index in [9.17, 15) is 21.6 Å². The molecule has 1 heterocycles. The average molecular weight is 606 g/mol. The molecule has 4 rings (SSSR count). The van der Waals surface area contributed by atoms with Gasteiger partial charge in [0.05, 0.1) is 21.9 Å². The van der Waals surface area contributed by atoms with E-state index >= 15 is 0 Å². The molecular formula is C28H32ClN3O6S2. The van der Waals surface area contributed by atoms with Gasteiger partial charge in [0.25, 0.3) is 0 Å². The highest BCUT2D eigenvalue weighted by Crippen LogP contribution is 2.27. The van der Waals surface area contributed by atoms with Gasteiger partial charge >= 0.3 is 0 Å². The predicted octanol–water partition coefficient (Wildman–Crippen LogP) is 3.73. The maximum atomic E-state index is 13.2. The first-order chi connectivity index (χ1) is 19.1. The van der Waals surface area contributed by atoms with Crippen LogP contribution in [0.15, 0.2) is 82.6 Å². The second kappa shape index (κ2) is 13.1. The molecule has 1 saturated heterocycles. The van der Waals surface area contributed by atoms with E-state index in [1.54, 1.807) is 24.3 Å². The minimum absolute atomic E-state index is 0.0876. The first kappa shape index (κ1) is 30.0. The highest BCUT2D eigenvalue weighted by Gasteiger charge is 2.28. The normalized spacial score (nSPS) is 15.3. The van der Waals surface area contributed by atoms with Crippen LogP contribution in [-0.4, -0.2) is 53.3 Å². The van der Waals surface area contributed by atoms with Gasteiger partial charge in [0.2, 0.25) is 26.0 Å². The molecule has 0 bridgehead atoms. The number of hydrogen-bond acceptors (Lipinski definition) is 6. The van der Waals surface area contributed by atoms with Crippen LogP contribution in [0, 0.1) is 0 Å². The van der Waals surface area contributed by atoms with Gasteiger partial charge in [-0.05, 0) is 60.7 Å². The van der Waals surface area contributed by atoms with Crippen molar-refractivity contribution in [2.45, 2.75) is 48.1 Å². The lowest BCUT2D eigenvalue weighted by Gasteiger charge is -2.25. The van der Waals surface area contributed by atoms with Crippen LogP contribution in [0.4, 0.5) is 0 Å². The molecule has 1 fully saturated rings. The van der Waals surface area contributed by atoms with Crippen molar-refractivity contribution >= 4 is 37.6 Å². The number of halogens is 1. The highest BCUT2D eigenvalue weighted by atomic mass is 35.5. The highest BCUT2D eigenvalue weighted by molar-refractivity contribution is 7.89. The zero-order valence-corrected chi connectivity index (χ0v) is 24.4. The number of nitrogens with one attached hydrogen (secondary N) is 2. The number of amides is 1. The van der Waals surface area contributed by atoms with Gasteiger partial charge in [-0.1, -0.05) is 60.5 Å². The number of piperidine rings is 1. The fourth-order valence-corrected chi connectivity index (χ4v) is 7.51. The van der Waals surface area contributed by atoms with Crippen molar-refractivity contribution in [2.24, 2.45) is 0 Å². The van der Waals surface area contributed by atoms with Crippen molar-refractivity contribution in [3.63, 3.8) is 0 Å². The molecular weight excluding hydrogens is 574 g/mol. The molecule has 12 heteroatoms. The second-order valence-corrected chi connectivity index (χ2v) is 13.5. The summed E-state index contributed by atoms with van der Waals surface area (Å²) in [6, 6.07) is 18.3. The summed E-state index contributed by atoms with van der Waals surface area (Å²) in [6.45, 7) is 1.12. The van der Waals surface area contributed by atoms with Crippen LogP contribution in [0.1, 0.15) is 30.4 Å². The Morgan fingerprint density at radius 1 is 0.900 bits per heavy atom. The van der Waals surface area contributed by atoms with Crippen LogP contribution in [0.25, 0.3) is 0 Å². The Kier molecular flexibility index (Phi) is 9.85. The van der Waals surface area contributed by atoms with Gasteiger partial charge in [-0.2, -0.15) is 9.03 Å². The van der Waals surface area contributed by atoms with E-state index in [2.05, 4.69) is 10.0 Å². The van der Waals surface area contributed by atoms with Crippen molar-refractivity contribution in [2.75, 3.05) is 20.2 Å². The van der Waals surface area contributed by atoms with Crippen molar-refractivity contribution in [3.05, 3.63) is 88.9 Å². The zero-order chi connectivity index (χ0) is 28.8. The quantitative estimate of drug-likeness (QED) is 0.343. The lowest BCUT2D eigenvalue weighted by atomic mass is 10.1. The number of rotatable bonds is 11. The fourth-order valence-electron chi connectivity index (χ4n) is 4.45. The summed E-state index contributed by atoms with van der Waals surface area (Å²) in [7, 11) is -6.24. The van der Waals surface area contributed by atoms with E-state index in [1.807, 2.05) is 18.2 Å². The Hall–Kier alpha value is -2.96. The molecule has 1 amide bonds. The minimum Gasteiger partial charge on any atom is -0.495 e. The van der Waals surface area contributed by atoms with Crippen molar-refractivity contribution in [3.8, 4) is 5.75 Å². The first-order valence-corrected chi connectivity index (χ1v) is 16.2. The predicted molar refractivity (Wildman–Crippen MR) is 153 cm³/mol. The lowest BCUT2D eigenvalue weighted by molar-refractivity contribution is -0.122. The van der Waals surface area contributed by atoms with E-state index in [0.717, 1.165) is 24.8 Å². The number of carbonyl (C=O) groups excluding carboxylic acids is 1. The molecule has 40 heavy (non-hydrogen) atoms. The fraction of sp³-hybridized carbons (Fsp3) is 0.321. The molecule has 214 valence electrons. The Morgan fingerprint density at radius 3 is 2.17 bits per heavy atom. The summed E-state index contributed by atoms with van der Waals surface area (Å²) < 4.78 is 61.3. The van der Waals surface area contributed by atoms with E-state index in [-0.39, 0.29) is 27.8 Å². The number of carbonyl (C=O) groups is 1. The van der Waals surface area contributed by atoms with E-state index in [4.69, 9.17) is 16.3 Å². The molecule has 0 saturated carbocycles. The second-order valence-electron chi connectivity index (χ2n) is 9.49. The number of hydrogen-bond donors (Lipinski definition) is 2. The van der Waals surface area contributed by atoms with Gasteiger partial charge in [-0.15, -0.1) is 0 Å². The van der Waals surface area contributed by atoms with Crippen molar-refractivity contribution < 1.29 is 26.4 Å². The summed E-state index contributed by atoms with van der Waals surface area (Å²) in [5.41, 5.74) is 1.44. The van der Waals surface area contributed by atoms with Gasteiger partial charge in [0.15, 0.2) is 0 Å². The lowest BCUT2D eigenvalue weighted by Crippen LogP contribution is -2.47. The molecule has 3 aromatic carbocycles. The monoisotopic (exact) mass is 605 g/mol. The third-order valence-electron chi connectivity index (χ3n) is 6.67. The van der Waals surface area contributed by atoms with Crippen molar-refractivity contribution in [1.29, 1.82) is 0 Å². The average Bonchev–Trinajstić information content (AvgIpc) is 2.96. The van der Waals surface area contributed by atoms with Crippen LogP contribution >= 0.6 is 11.6 Å². The molecule has 0 spiro atoms. The Morgan fingerprint density at radius 2 is 1.55 bits per heavy atom. The number of nitrogens with zero attached hydrogens (tertiary/aromatic N) is 1. The van der Waals surface area contributed by atoms with Crippen molar-refractivity contribution in [1.82, 2.24) is 14.3 Å². The standard InChI is InChI=1S/C28H32ClN3O6S2/c1-38-27-15-14-24(19-25(27)29)39(34,35)31-26(18-21-8-4-2-5-9-21)28(33)30-20-22-10-12-23(13-11-22)40(36,37)32-16-6-3-7-17-32/h2,4-5,8-15,19,26,31H,3,6-7,16-18,20H2,1H3,(H,30,33). The van der Waals surface area contributed by atoms with Gasteiger partial charge in [-0.3, -0.25) is 4.79 Å². The largest absolute Gasteiger partial charge is 0.495 e.